The fraction of sp³-hybridized carbons (Fsp3) is 0.471. The molecule has 0 amide bonds. The maximum absolute atomic E-state index is 4.68. The summed E-state index contributed by atoms with van der Waals surface area (Å²) in [6.45, 7) is 11.7. The van der Waals surface area contributed by atoms with Crippen LogP contribution in [0.25, 0.3) is 10.9 Å². The van der Waals surface area contributed by atoms with Gasteiger partial charge in [-0.2, -0.15) is 0 Å². The molecule has 1 atom stereocenters. The molecule has 0 aliphatic heterocycles. The summed E-state index contributed by atoms with van der Waals surface area (Å²) in [6.07, 6.45) is 1.15. The van der Waals surface area contributed by atoms with Gasteiger partial charge in [0.2, 0.25) is 0 Å². The molecule has 102 valence electrons. The van der Waals surface area contributed by atoms with Crippen LogP contribution in [0.4, 0.5) is 0 Å². The molecule has 2 rings (SSSR count). The van der Waals surface area contributed by atoms with E-state index in [1.807, 2.05) is 0 Å². The first-order valence-electron chi connectivity index (χ1n) is 7.12. The van der Waals surface area contributed by atoms with Gasteiger partial charge in [0.05, 0.1) is 5.52 Å². The quantitative estimate of drug-likeness (QED) is 0.892. The van der Waals surface area contributed by atoms with E-state index >= 15 is 0 Å². The molecule has 2 aromatic rings. The van der Waals surface area contributed by atoms with E-state index in [1.165, 1.54) is 22.1 Å². The van der Waals surface area contributed by atoms with Crippen molar-refractivity contribution < 1.29 is 0 Å². The third kappa shape index (κ3) is 3.13. The highest BCUT2D eigenvalue weighted by molar-refractivity contribution is 5.86. The smallest absolute Gasteiger partial charge is 0.0713 e. The van der Waals surface area contributed by atoms with E-state index < -0.39 is 0 Å². The SMILES string of the molecule is CCC(C)NCc1cc(C)nc2cc(C)cc(C)c12. The number of benzene rings is 1. The number of pyridine rings is 1. The molecule has 0 radical (unpaired) electrons. The van der Waals surface area contributed by atoms with Crippen LogP contribution in [-0.4, -0.2) is 11.0 Å². The summed E-state index contributed by atoms with van der Waals surface area (Å²) >= 11 is 0. The number of nitrogens with one attached hydrogen (secondary N) is 1. The van der Waals surface area contributed by atoms with Crippen LogP contribution < -0.4 is 5.32 Å². The summed E-state index contributed by atoms with van der Waals surface area (Å²) in [7, 11) is 0. The second-order valence-corrected chi connectivity index (χ2v) is 5.59. The lowest BCUT2D eigenvalue weighted by atomic mass is 10.0. The van der Waals surface area contributed by atoms with Gasteiger partial charge in [-0.05, 0) is 62.9 Å². The monoisotopic (exact) mass is 256 g/mol. The molecular weight excluding hydrogens is 232 g/mol. The first kappa shape index (κ1) is 14.0. The van der Waals surface area contributed by atoms with Crippen molar-refractivity contribution in [1.29, 1.82) is 0 Å². The second kappa shape index (κ2) is 5.70. The van der Waals surface area contributed by atoms with E-state index in [0.29, 0.717) is 6.04 Å². The van der Waals surface area contributed by atoms with Crippen LogP contribution in [0.15, 0.2) is 18.2 Å². The fourth-order valence-electron chi connectivity index (χ4n) is 2.57. The molecule has 0 spiro atoms. The number of rotatable bonds is 4. The second-order valence-electron chi connectivity index (χ2n) is 5.59. The third-order valence-electron chi connectivity index (χ3n) is 3.71. The van der Waals surface area contributed by atoms with Crippen LogP contribution in [0.1, 0.15) is 42.7 Å². The zero-order valence-corrected chi connectivity index (χ0v) is 12.7. The normalized spacial score (nSPS) is 12.9. The summed E-state index contributed by atoms with van der Waals surface area (Å²) in [4.78, 5) is 4.68. The lowest BCUT2D eigenvalue weighted by Crippen LogP contribution is -2.24. The van der Waals surface area contributed by atoms with E-state index in [2.05, 4.69) is 63.1 Å². The Morgan fingerprint density at radius 3 is 2.58 bits per heavy atom. The van der Waals surface area contributed by atoms with Gasteiger partial charge in [0, 0.05) is 23.7 Å². The Morgan fingerprint density at radius 2 is 1.89 bits per heavy atom. The molecule has 2 heteroatoms. The molecule has 19 heavy (non-hydrogen) atoms. The van der Waals surface area contributed by atoms with E-state index in [-0.39, 0.29) is 0 Å². The van der Waals surface area contributed by atoms with E-state index in [0.717, 1.165) is 24.2 Å². The minimum Gasteiger partial charge on any atom is -0.310 e. The summed E-state index contributed by atoms with van der Waals surface area (Å²) in [5.41, 5.74) is 6.18. The van der Waals surface area contributed by atoms with Crippen LogP contribution in [0, 0.1) is 20.8 Å². The van der Waals surface area contributed by atoms with Crippen molar-refractivity contribution in [2.45, 2.75) is 53.6 Å². The van der Waals surface area contributed by atoms with Crippen LogP contribution in [0.3, 0.4) is 0 Å². The minimum absolute atomic E-state index is 0.550. The average molecular weight is 256 g/mol. The Morgan fingerprint density at radius 1 is 1.16 bits per heavy atom. The van der Waals surface area contributed by atoms with E-state index in [1.54, 1.807) is 0 Å². The van der Waals surface area contributed by atoms with Crippen molar-refractivity contribution in [3.05, 3.63) is 40.6 Å². The molecule has 1 aromatic heterocycles. The molecule has 0 saturated heterocycles. The Kier molecular flexibility index (Phi) is 4.20. The van der Waals surface area contributed by atoms with Crippen molar-refractivity contribution in [1.82, 2.24) is 10.3 Å². The Labute approximate surface area is 116 Å². The molecule has 2 nitrogen and oxygen atoms in total. The number of nitrogens with zero attached hydrogens (tertiary/aromatic N) is 1. The third-order valence-corrected chi connectivity index (χ3v) is 3.71. The minimum atomic E-state index is 0.550. The molecule has 0 aliphatic carbocycles. The van der Waals surface area contributed by atoms with Gasteiger partial charge in [0.1, 0.15) is 0 Å². The Bertz CT molecular complexity index is 582. The van der Waals surface area contributed by atoms with Crippen LogP contribution in [0.2, 0.25) is 0 Å². The summed E-state index contributed by atoms with van der Waals surface area (Å²) in [5, 5.41) is 4.89. The molecule has 0 fully saturated rings. The molecule has 1 N–H and O–H groups in total. The van der Waals surface area contributed by atoms with Gasteiger partial charge in [0.25, 0.3) is 0 Å². The molecular formula is C17H24N2. The molecule has 0 bridgehead atoms. The zero-order chi connectivity index (χ0) is 14.0. The van der Waals surface area contributed by atoms with E-state index in [9.17, 15) is 0 Å². The van der Waals surface area contributed by atoms with Crippen molar-refractivity contribution in [2.24, 2.45) is 0 Å². The van der Waals surface area contributed by atoms with Gasteiger partial charge in [-0.15, -0.1) is 0 Å². The van der Waals surface area contributed by atoms with Crippen molar-refractivity contribution >= 4 is 10.9 Å². The number of hydrogen-bond donors (Lipinski definition) is 1. The molecule has 1 unspecified atom stereocenters. The van der Waals surface area contributed by atoms with Gasteiger partial charge < -0.3 is 5.32 Å². The molecule has 1 aromatic carbocycles. The van der Waals surface area contributed by atoms with Crippen molar-refractivity contribution in [3.63, 3.8) is 0 Å². The number of fused-ring (bicyclic) bond motifs is 1. The van der Waals surface area contributed by atoms with Gasteiger partial charge in [-0.1, -0.05) is 13.0 Å². The fourth-order valence-corrected chi connectivity index (χ4v) is 2.57. The van der Waals surface area contributed by atoms with Crippen LogP contribution >= 0.6 is 0 Å². The lowest BCUT2D eigenvalue weighted by molar-refractivity contribution is 0.535. The summed E-state index contributed by atoms with van der Waals surface area (Å²) in [6, 6.07) is 7.18. The maximum Gasteiger partial charge on any atom is 0.0713 e. The largest absolute Gasteiger partial charge is 0.310 e. The maximum atomic E-state index is 4.68. The van der Waals surface area contributed by atoms with Gasteiger partial charge >= 0.3 is 0 Å². The van der Waals surface area contributed by atoms with E-state index in [4.69, 9.17) is 0 Å². The van der Waals surface area contributed by atoms with Crippen molar-refractivity contribution in [2.75, 3.05) is 0 Å². The predicted octanol–water partition coefficient (Wildman–Crippen LogP) is 4.05. The van der Waals surface area contributed by atoms with Gasteiger partial charge in [0.15, 0.2) is 0 Å². The summed E-state index contributed by atoms with van der Waals surface area (Å²) < 4.78 is 0. The highest BCUT2D eigenvalue weighted by atomic mass is 14.9. The number of aryl methyl sites for hydroxylation is 3. The number of aromatic nitrogens is 1. The van der Waals surface area contributed by atoms with Crippen molar-refractivity contribution in [3.8, 4) is 0 Å². The average Bonchev–Trinajstić information content (AvgIpc) is 2.34. The Balaban J connectivity index is 2.47. The summed E-state index contributed by atoms with van der Waals surface area (Å²) in [5.74, 6) is 0. The van der Waals surface area contributed by atoms with Crippen LogP contribution in [0.5, 0.6) is 0 Å². The highest BCUT2D eigenvalue weighted by Gasteiger charge is 2.08. The number of hydrogen-bond acceptors (Lipinski definition) is 2. The molecule has 0 saturated carbocycles. The molecule has 0 aliphatic rings. The first-order valence-corrected chi connectivity index (χ1v) is 7.12. The van der Waals surface area contributed by atoms with Gasteiger partial charge in [-0.25, -0.2) is 0 Å². The highest BCUT2D eigenvalue weighted by Crippen LogP contribution is 2.24. The Hall–Kier alpha value is -1.41. The van der Waals surface area contributed by atoms with Crippen LogP contribution in [-0.2, 0) is 6.54 Å². The zero-order valence-electron chi connectivity index (χ0n) is 12.7. The standard InChI is InChI=1S/C17H24N2/c1-6-13(4)18-10-15-9-14(5)19-16-8-11(2)7-12(3)17(15)16/h7-9,13,18H,6,10H2,1-5H3. The molecule has 1 heterocycles. The topological polar surface area (TPSA) is 24.9 Å². The lowest BCUT2D eigenvalue weighted by Gasteiger charge is -2.15. The predicted molar refractivity (Wildman–Crippen MR) is 82.5 cm³/mol. The van der Waals surface area contributed by atoms with Gasteiger partial charge in [-0.3, -0.25) is 4.98 Å². The first-order chi connectivity index (χ1) is 9.01.